The lowest BCUT2D eigenvalue weighted by atomic mass is 10.1. The van der Waals surface area contributed by atoms with Crippen molar-refractivity contribution in [2.45, 2.75) is 41.6 Å². The zero-order valence-corrected chi connectivity index (χ0v) is 17.5. The third-order valence-electron chi connectivity index (χ3n) is 4.43. The van der Waals surface area contributed by atoms with Gasteiger partial charge in [-0.15, -0.1) is 10.2 Å². The van der Waals surface area contributed by atoms with Crippen molar-refractivity contribution in [2.75, 3.05) is 18.5 Å². The molecule has 1 aliphatic heterocycles. The third kappa shape index (κ3) is 5.10. The second-order valence-corrected chi connectivity index (χ2v) is 9.25. The van der Waals surface area contributed by atoms with E-state index in [4.69, 9.17) is 9.26 Å². The van der Waals surface area contributed by atoms with Crippen LogP contribution in [-0.2, 0) is 10.9 Å². The van der Waals surface area contributed by atoms with Gasteiger partial charge in [-0.25, -0.2) is 0 Å². The van der Waals surface area contributed by atoms with Crippen LogP contribution >= 0.6 is 23.1 Å². The van der Waals surface area contributed by atoms with Gasteiger partial charge >= 0.3 is 6.18 Å². The molecule has 3 aromatic rings. The van der Waals surface area contributed by atoms with Crippen LogP contribution in [0.25, 0.3) is 11.4 Å². The maximum absolute atomic E-state index is 12.9. The van der Waals surface area contributed by atoms with Crippen molar-refractivity contribution in [3.05, 3.63) is 35.7 Å². The van der Waals surface area contributed by atoms with Gasteiger partial charge in [0, 0.05) is 18.7 Å². The van der Waals surface area contributed by atoms with Crippen LogP contribution in [0.4, 0.5) is 18.3 Å². The Hall–Kier alpha value is -2.18. The van der Waals surface area contributed by atoms with Crippen LogP contribution in [0.3, 0.4) is 0 Å². The summed E-state index contributed by atoms with van der Waals surface area (Å²) < 4.78 is 50.3. The van der Waals surface area contributed by atoms with Crippen LogP contribution in [0.5, 0.6) is 0 Å². The fourth-order valence-corrected chi connectivity index (χ4v) is 4.82. The fourth-order valence-electron chi connectivity index (χ4n) is 2.89. The highest BCUT2D eigenvalue weighted by atomic mass is 32.2. The highest BCUT2D eigenvalue weighted by Crippen LogP contribution is 2.38. The summed E-state index contributed by atoms with van der Waals surface area (Å²) in [7, 11) is 0. The normalized spacial score (nSPS) is 17.9. The molecule has 30 heavy (non-hydrogen) atoms. The molecule has 0 radical (unpaired) electrons. The minimum Gasteiger partial charge on any atom is -0.376 e. The summed E-state index contributed by atoms with van der Waals surface area (Å²) in [6.07, 6.45) is -2.11. The molecule has 1 fully saturated rings. The van der Waals surface area contributed by atoms with Crippen LogP contribution in [0.15, 0.2) is 33.1 Å². The predicted molar refractivity (Wildman–Crippen MR) is 106 cm³/mol. The maximum Gasteiger partial charge on any atom is 0.416 e. The molecular formula is C18H18F3N5O2S2. The van der Waals surface area contributed by atoms with Crippen molar-refractivity contribution in [2.24, 2.45) is 0 Å². The molecule has 0 unspecified atom stereocenters. The van der Waals surface area contributed by atoms with Gasteiger partial charge in [0.2, 0.25) is 16.8 Å². The van der Waals surface area contributed by atoms with Crippen molar-refractivity contribution < 1.29 is 22.4 Å². The van der Waals surface area contributed by atoms with E-state index in [1.807, 2.05) is 6.92 Å². The summed E-state index contributed by atoms with van der Waals surface area (Å²) in [4.78, 5) is 4.25. The number of rotatable bonds is 7. The topological polar surface area (TPSA) is 86.0 Å². The van der Waals surface area contributed by atoms with Crippen molar-refractivity contribution in [1.29, 1.82) is 0 Å². The molecule has 12 heteroatoms. The van der Waals surface area contributed by atoms with Gasteiger partial charge in [-0.2, -0.15) is 18.2 Å². The number of thioether (sulfide) groups is 1. The Morgan fingerprint density at radius 2 is 2.20 bits per heavy atom. The van der Waals surface area contributed by atoms with E-state index >= 15 is 0 Å². The summed E-state index contributed by atoms with van der Waals surface area (Å²) in [5.74, 6) is 0.413. The minimum atomic E-state index is -4.43. The van der Waals surface area contributed by atoms with Crippen LogP contribution in [0, 0.1) is 0 Å². The van der Waals surface area contributed by atoms with Crippen molar-refractivity contribution in [3.63, 3.8) is 0 Å². The van der Waals surface area contributed by atoms with Crippen LogP contribution in [0.1, 0.15) is 36.5 Å². The average molecular weight is 458 g/mol. The van der Waals surface area contributed by atoms with Crippen LogP contribution in [-0.4, -0.2) is 39.6 Å². The average Bonchev–Trinajstić information content (AvgIpc) is 3.47. The molecule has 0 bridgehead atoms. The van der Waals surface area contributed by atoms with Gasteiger partial charge in [-0.1, -0.05) is 40.4 Å². The molecule has 4 rings (SSSR count). The Balaban J connectivity index is 1.38. The summed E-state index contributed by atoms with van der Waals surface area (Å²) in [5, 5.41) is 15.8. The lowest BCUT2D eigenvalue weighted by molar-refractivity contribution is -0.137. The number of ether oxygens (including phenoxy) is 1. The second kappa shape index (κ2) is 8.90. The van der Waals surface area contributed by atoms with Gasteiger partial charge in [0.25, 0.3) is 0 Å². The molecule has 1 aromatic carbocycles. The summed E-state index contributed by atoms with van der Waals surface area (Å²) in [5.41, 5.74) is -0.515. The minimum absolute atomic E-state index is 0.111. The number of nitrogens with zero attached hydrogens (tertiary/aromatic N) is 4. The Morgan fingerprint density at radius 1 is 1.33 bits per heavy atom. The van der Waals surface area contributed by atoms with Crippen molar-refractivity contribution in [3.8, 4) is 11.4 Å². The first-order valence-corrected chi connectivity index (χ1v) is 10.9. The lowest BCUT2D eigenvalue weighted by Gasteiger charge is -2.08. The maximum atomic E-state index is 12.9. The van der Waals surface area contributed by atoms with Gasteiger partial charge in [0.05, 0.1) is 16.9 Å². The van der Waals surface area contributed by atoms with Gasteiger partial charge in [-0.05, 0) is 31.9 Å². The van der Waals surface area contributed by atoms with E-state index in [1.165, 1.54) is 35.2 Å². The zero-order chi connectivity index (χ0) is 21.1. The summed E-state index contributed by atoms with van der Waals surface area (Å²) >= 11 is 2.80. The zero-order valence-electron chi connectivity index (χ0n) is 15.8. The van der Waals surface area contributed by atoms with Gasteiger partial charge < -0.3 is 14.6 Å². The van der Waals surface area contributed by atoms with Gasteiger partial charge in [-0.3, -0.25) is 0 Å². The molecular weight excluding hydrogens is 439 g/mol. The number of benzene rings is 1. The summed E-state index contributed by atoms with van der Waals surface area (Å²) in [6, 6.07) is 4.84. The standard InChI is InChI=1S/C18H18F3N5O2S2/c1-10(29-17-25-24-16(30-17)22-9-13-6-3-7-27-13)15-23-14(26-28-15)11-4-2-5-12(8-11)18(19,20)21/h2,4-5,8,10,13H,3,6-7,9H2,1H3,(H,22,24)/t10-,13-/m0/s1. The SMILES string of the molecule is C[C@H](Sc1nnc(NC[C@@H]2CCCO2)s1)c1nc(-c2cccc(C(F)(F)F)c2)no1. The molecule has 2 atom stereocenters. The number of nitrogens with one attached hydrogen (secondary N) is 1. The van der Waals surface area contributed by atoms with Gasteiger partial charge in [0.1, 0.15) is 0 Å². The fraction of sp³-hybridized carbons (Fsp3) is 0.444. The molecule has 7 nitrogen and oxygen atoms in total. The van der Waals surface area contributed by atoms with E-state index in [9.17, 15) is 13.2 Å². The molecule has 0 amide bonds. The lowest BCUT2D eigenvalue weighted by Crippen LogP contribution is -2.18. The smallest absolute Gasteiger partial charge is 0.376 e. The van der Waals surface area contributed by atoms with E-state index < -0.39 is 11.7 Å². The Kier molecular flexibility index (Phi) is 6.25. The quantitative estimate of drug-likeness (QED) is 0.493. The molecule has 1 saturated heterocycles. The number of hydrogen-bond donors (Lipinski definition) is 1. The number of anilines is 1. The number of halogens is 3. The molecule has 0 aliphatic carbocycles. The number of alkyl halides is 3. The molecule has 0 saturated carbocycles. The number of hydrogen-bond acceptors (Lipinski definition) is 9. The van der Waals surface area contributed by atoms with E-state index in [0.717, 1.165) is 35.9 Å². The second-order valence-electron chi connectivity index (χ2n) is 6.68. The Morgan fingerprint density at radius 3 is 2.97 bits per heavy atom. The van der Waals surface area contributed by atoms with E-state index in [1.54, 1.807) is 0 Å². The van der Waals surface area contributed by atoms with E-state index in [-0.39, 0.29) is 22.7 Å². The molecule has 3 heterocycles. The van der Waals surface area contributed by atoms with Gasteiger partial charge in [0.15, 0.2) is 4.34 Å². The number of aromatic nitrogens is 4. The highest BCUT2D eigenvalue weighted by molar-refractivity contribution is 8.01. The first-order chi connectivity index (χ1) is 14.4. The summed E-state index contributed by atoms with van der Waals surface area (Å²) in [6.45, 7) is 3.35. The van der Waals surface area contributed by atoms with Crippen LogP contribution in [0.2, 0.25) is 0 Å². The largest absolute Gasteiger partial charge is 0.416 e. The monoisotopic (exact) mass is 457 g/mol. The predicted octanol–water partition coefficient (Wildman–Crippen LogP) is 5.05. The first-order valence-electron chi connectivity index (χ1n) is 9.25. The Labute approximate surface area is 178 Å². The van der Waals surface area contributed by atoms with Crippen molar-refractivity contribution >= 4 is 28.2 Å². The first kappa shape index (κ1) is 21.1. The molecule has 2 aromatic heterocycles. The van der Waals surface area contributed by atoms with E-state index in [0.29, 0.717) is 17.6 Å². The molecule has 160 valence electrons. The molecule has 0 spiro atoms. The van der Waals surface area contributed by atoms with Crippen molar-refractivity contribution in [1.82, 2.24) is 20.3 Å². The highest BCUT2D eigenvalue weighted by Gasteiger charge is 2.31. The van der Waals surface area contributed by atoms with E-state index in [2.05, 4.69) is 25.7 Å². The third-order valence-corrected chi connectivity index (χ3v) is 6.48. The molecule has 1 aliphatic rings. The molecule has 1 N–H and O–H groups in total. The Bertz CT molecular complexity index is 988. The van der Waals surface area contributed by atoms with Crippen LogP contribution < -0.4 is 5.32 Å².